The molecule has 0 unspecified atom stereocenters. The Balaban J connectivity index is 2.17. The van der Waals surface area contributed by atoms with Gasteiger partial charge in [-0.1, -0.05) is 38.1 Å². The summed E-state index contributed by atoms with van der Waals surface area (Å²) < 4.78 is 4.72. The van der Waals surface area contributed by atoms with Gasteiger partial charge in [0.1, 0.15) is 6.54 Å². The number of nitrogens with zero attached hydrogens (tertiary/aromatic N) is 1. The fraction of sp³-hybridized carbons (Fsp3) is 0.286. The first-order valence-corrected chi connectivity index (χ1v) is 8.68. The van der Waals surface area contributed by atoms with Crippen LogP contribution in [0.3, 0.4) is 0 Å². The van der Waals surface area contributed by atoms with Crippen LogP contribution >= 0.6 is 0 Å². The second kappa shape index (κ2) is 8.98. The third-order valence-electron chi connectivity index (χ3n) is 4.16. The van der Waals surface area contributed by atoms with Gasteiger partial charge in [0.05, 0.1) is 18.4 Å². The molecule has 27 heavy (non-hydrogen) atoms. The van der Waals surface area contributed by atoms with E-state index in [0.29, 0.717) is 17.3 Å². The van der Waals surface area contributed by atoms with Crippen molar-refractivity contribution >= 4 is 29.2 Å². The quantitative estimate of drug-likeness (QED) is 0.791. The van der Waals surface area contributed by atoms with Gasteiger partial charge < -0.3 is 15.0 Å². The zero-order valence-electron chi connectivity index (χ0n) is 16.0. The van der Waals surface area contributed by atoms with Gasteiger partial charge >= 0.3 is 5.97 Å². The molecule has 0 aliphatic rings. The minimum atomic E-state index is -0.543. The van der Waals surface area contributed by atoms with Crippen molar-refractivity contribution in [2.75, 3.05) is 23.9 Å². The van der Waals surface area contributed by atoms with Crippen molar-refractivity contribution < 1.29 is 19.1 Å². The zero-order chi connectivity index (χ0) is 20.0. The normalized spacial score (nSPS) is 10.4. The van der Waals surface area contributed by atoms with Crippen LogP contribution in [0.5, 0.6) is 0 Å². The van der Waals surface area contributed by atoms with E-state index in [0.717, 1.165) is 5.56 Å². The van der Waals surface area contributed by atoms with E-state index in [1.807, 2.05) is 24.3 Å². The zero-order valence-corrected chi connectivity index (χ0v) is 16.0. The molecule has 0 aromatic heterocycles. The van der Waals surface area contributed by atoms with Crippen LogP contribution in [0.25, 0.3) is 0 Å². The monoisotopic (exact) mass is 368 g/mol. The predicted molar refractivity (Wildman–Crippen MR) is 105 cm³/mol. The van der Waals surface area contributed by atoms with Crippen molar-refractivity contribution in [3.8, 4) is 0 Å². The fourth-order valence-corrected chi connectivity index (χ4v) is 2.64. The van der Waals surface area contributed by atoms with Gasteiger partial charge in [-0.05, 0) is 35.7 Å². The first kappa shape index (κ1) is 20.2. The van der Waals surface area contributed by atoms with Crippen LogP contribution in [0, 0.1) is 0 Å². The second-order valence-corrected chi connectivity index (χ2v) is 6.44. The average molecular weight is 368 g/mol. The van der Waals surface area contributed by atoms with E-state index in [2.05, 4.69) is 19.2 Å². The maximum atomic E-state index is 12.5. The molecule has 2 aromatic rings. The van der Waals surface area contributed by atoms with E-state index < -0.39 is 11.9 Å². The largest absolute Gasteiger partial charge is 0.465 e. The van der Waals surface area contributed by atoms with Gasteiger partial charge in [-0.15, -0.1) is 0 Å². The van der Waals surface area contributed by atoms with Crippen LogP contribution in [0.1, 0.15) is 42.6 Å². The second-order valence-electron chi connectivity index (χ2n) is 6.44. The number of methoxy groups -OCH3 is 1. The number of amides is 2. The molecule has 2 amide bonds. The van der Waals surface area contributed by atoms with Crippen molar-refractivity contribution in [2.24, 2.45) is 0 Å². The molecular formula is C21H24N2O4. The molecule has 142 valence electrons. The van der Waals surface area contributed by atoms with Crippen molar-refractivity contribution in [1.82, 2.24) is 0 Å². The van der Waals surface area contributed by atoms with Crippen LogP contribution in [-0.2, 0) is 14.3 Å². The fourth-order valence-electron chi connectivity index (χ4n) is 2.64. The first-order chi connectivity index (χ1) is 12.8. The minimum Gasteiger partial charge on any atom is -0.465 e. The number of anilines is 2. The van der Waals surface area contributed by atoms with Crippen LogP contribution in [0.4, 0.5) is 11.4 Å². The third-order valence-corrected chi connectivity index (χ3v) is 4.16. The van der Waals surface area contributed by atoms with E-state index in [4.69, 9.17) is 4.74 Å². The number of carbonyl (C=O) groups is 3. The van der Waals surface area contributed by atoms with Crippen molar-refractivity contribution in [1.29, 1.82) is 0 Å². The molecule has 2 rings (SSSR count). The number of nitrogens with one attached hydrogen (secondary N) is 1. The maximum absolute atomic E-state index is 12.5. The molecule has 0 bridgehead atoms. The first-order valence-electron chi connectivity index (χ1n) is 8.68. The smallest absolute Gasteiger partial charge is 0.339 e. The van der Waals surface area contributed by atoms with Gasteiger partial charge in [-0.25, -0.2) is 4.79 Å². The summed E-state index contributed by atoms with van der Waals surface area (Å²) in [6, 6.07) is 14.1. The van der Waals surface area contributed by atoms with Gasteiger partial charge in [-0.2, -0.15) is 0 Å². The summed E-state index contributed by atoms with van der Waals surface area (Å²) >= 11 is 0. The molecule has 0 spiro atoms. The van der Waals surface area contributed by atoms with Gasteiger partial charge in [0.2, 0.25) is 11.8 Å². The lowest BCUT2D eigenvalue weighted by Crippen LogP contribution is -2.36. The molecule has 0 fully saturated rings. The molecular weight excluding hydrogens is 344 g/mol. The Morgan fingerprint density at radius 1 is 1.04 bits per heavy atom. The van der Waals surface area contributed by atoms with E-state index in [1.165, 1.54) is 18.9 Å². The van der Waals surface area contributed by atoms with Crippen molar-refractivity contribution in [3.63, 3.8) is 0 Å². The summed E-state index contributed by atoms with van der Waals surface area (Å²) in [6.45, 7) is 5.42. The molecule has 0 saturated carbocycles. The molecule has 0 heterocycles. The summed E-state index contributed by atoms with van der Waals surface area (Å²) in [7, 11) is 1.28. The highest BCUT2D eigenvalue weighted by molar-refractivity contribution is 6.05. The molecule has 0 aliphatic heterocycles. The van der Waals surface area contributed by atoms with E-state index in [9.17, 15) is 14.4 Å². The maximum Gasteiger partial charge on any atom is 0.339 e. The Labute approximate surface area is 159 Å². The van der Waals surface area contributed by atoms with Gasteiger partial charge in [0.15, 0.2) is 0 Å². The number of esters is 1. The van der Waals surface area contributed by atoms with E-state index in [1.54, 1.807) is 24.3 Å². The van der Waals surface area contributed by atoms with E-state index >= 15 is 0 Å². The van der Waals surface area contributed by atoms with Crippen LogP contribution < -0.4 is 10.2 Å². The van der Waals surface area contributed by atoms with Crippen molar-refractivity contribution in [2.45, 2.75) is 26.7 Å². The number of benzene rings is 2. The average Bonchev–Trinajstić information content (AvgIpc) is 2.65. The number of hydrogen-bond acceptors (Lipinski definition) is 4. The van der Waals surface area contributed by atoms with E-state index in [-0.39, 0.29) is 18.0 Å². The van der Waals surface area contributed by atoms with Crippen molar-refractivity contribution in [3.05, 3.63) is 59.7 Å². The Morgan fingerprint density at radius 2 is 1.67 bits per heavy atom. The third kappa shape index (κ3) is 5.17. The van der Waals surface area contributed by atoms with Crippen LogP contribution in [0.15, 0.2) is 48.5 Å². The Kier molecular flexibility index (Phi) is 6.71. The minimum absolute atomic E-state index is 0.161. The Hall–Kier alpha value is -3.15. The number of ether oxygens (including phenoxy) is 1. The molecule has 1 N–H and O–H groups in total. The summed E-state index contributed by atoms with van der Waals surface area (Å²) in [5.74, 6) is -0.820. The number of para-hydroxylation sites is 1. The summed E-state index contributed by atoms with van der Waals surface area (Å²) in [5, 5.41) is 2.68. The summed E-state index contributed by atoms with van der Waals surface area (Å²) in [4.78, 5) is 37.7. The van der Waals surface area contributed by atoms with Gasteiger partial charge in [0, 0.05) is 12.6 Å². The summed E-state index contributed by atoms with van der Waals surface area (Å²) in [6.07, 6.45) is 0. The number of hydrogen-bond donors (Lipinski definition) is 1. The topological polar surface area (TPSA) is 75.7 Å². The molecule has 0 atom stereocenters. The predicted octanol–water partition coefficient (Wildman–Crippen LogP) is 3.59. The standard InChI is InChI=1S/C21H24N2O4/c1-14(2)16-9-11-17(12-10-16)23(15(3)24)13-20(25)22-19-8-6-5-7-18(19)21(26)27-4/h5-12,14H,13H2,1-4H3,(H,22,25). The highest BCUT2D eigenvalue weighted by Gasteiger charge is 2.18. The Bertz CT molecular complexity index is 828. The van der Waals surface area contributed by atoms with Gasteiger partial charge in [0.25, 0.3) is 0 Å². The molecule has 0 saturated heterocycles. The SMILES string of the molecule is COC(=O)c1ccccc1NC(=O)CN(C(C)=O)c1ccc(C(C)C)cc1. The van der Waals surface area contributed by atoms with Crippen LogP contribution in [0.2, 0.25) is 0 Å². The number of rotatable bonds is 6. The lowest BCUT2D eigenvalue weighted by atomic mass is 10.0. The molecule has 0 aliphatic carbocycles. The number of carbonyl (C=O) groups excluding carboxylic acids is 3. The molecule has 6 heteroatoms. The lowest BCUT2D eigenvalue weighted by molar-refractivity contribution is -0.120. The molecule has 6 nitrogen and oxygen atoms in total. The van der Waals surface area contributed by atoms with Gasteiger partial charge in [-0.3, -0.25) is 9.59 Å². The van der Waals surface area contributed by atoms with Crippen LogP contribution in [-0.4, -0.2) is 31.4 Å². The summed E-state index contributed by atoms with van der Waals surface area (Å²) in [5.41, 5.74) is 2.39. The highest BCUT2D eigenvalue weighted by Crippen LogP contribution is 2.21. The lowest BCUT2D eigenvalue weighted by Gasteiger charge is -2.21. The molecule has 0 radical (unpaired) electrons. The Morgan fingerprint density at radius 3 is 2.22 bits per heavy atom. The molecule has 2 aromatic carbocycles. The highest BCUT2D eigenvalue weighted by atomic mass is 16.5.